The van der Waals surface area contributed by atoms with Crippen LogP contribution < -0.4 is 4.74 Å². The summed E-state index contributed by atoms with van der Waals surface area (Å²) in [4.78, 5) is 13.9. The molecule has 1 atom stereocenters. The highest BCUT2D eigenvalue weighted by Gasteiger charge is 2.22. The van der Waals surface area contributed by atoms with Crippen molar-refractivity contribution >= 4 is 11.6 Å². The van der Waals surface area contributed by atoms with Crippen molar-refractivity contribution in [2.45, 2.75) is 39.7 Å². The number of aryl methyl sites for hydroxylation is 1. The van der Waals surface area contributed by atoms with Crippen LogP contribution in [0.15, 0.2) is 23.4 Å². The van der Waals surface area contributed by atoms with Gasteiger partial charge in [-0.2, -0.15) is 0 Å². The van der Waals surface area contributed by atoms with Gasteiger partial charge in [0.15, 0.2) is 6.10 Å². The Balaban J connectivity index is 2.09. The van der Waals surface area contributed by atoms with Gasteiger partial charge in [0, 0.05) is 18.7 Å². The third kappa shape index (κ3) is 3.17. The number of likely N-dealkylation sites (N-methyl/N-ethyl adjacent to an activating group) is 1. The minimum absolute atomic E-state index is 0.00175. The molecular weight excluding hydrogens is 268 g/mol. The Morgan fingerprint density at radius 1 is 1.38 bits per heavy atom. The fourth-order valence-electron chi connectivity index (χ4n) is 2.67. The predicted octanol–water partition coefficient (Wildman–Crippen LogP) is 2.45. The van der Waals surface area contributed by atoms with E-state index in [1.807, 2.05) is 32.0 Å². The zero-order valence-corrected chi connectivity index (χ0v) is 12.8. The smallest absolute Gasteiger partial charge is 0.263 e. The van der Waals surface area contributed by atoms with E-state index >= 15 is 0 Å². The van der Waals surface area contributed by atoms with Crippen LogP contribution in [-0.4, -0.2) is 40.9 Å². The quantitative estimate of drug-likeness (QED) is 0.669. The molecule has 1 aliphatic rings. The lowest BCUT2D eigenvalue weighted by atomic mass is 10.1. The fraction of sp³-hybridized carbons (Fsp3) is 0.500. The van der Waals surface area contributed by atoms with E-state index in [0.29, 0.717) is 24.6 Å². The third-order valence-electron chi connectivity index (χ3n) is 3.88. The van der Waals surface area contributed by atoms with Crippen molar-refractivity contribution < 1.29 is 14.7 Å². The van der Waals surface area contributed by atoms with Crippen LogP contribution in [0.25, 0.3) is 0 Å². The van der Waals surface area contributed by atoms with Gasteiger partial charge in [0.05, 0.1) is 5.71 Å². The summed E-state index contributed by atoms with van der Waals surface area (Å²) < 4.78 is 5.76. The summed E-state index contributed by atoms with van der Waals surface area (Å²) >= 11 is 0. The highest BCUT2D eigenvalue weighted by atomic mass is 16.5. The Hall–Kier alpha value is -2.04. The summed E-state index contributed by atoms with van der Waals surface area (Å²) in [5, 5.41) is 12.2. The van der Waals surface area contributed by atoms with E-state index < -0.39 is 6.10 Å². The Labute approximate surface area is 125 Å². The number of hydrogen-bond acceptors (Lipinski definition) is 4. The maximum Gasteiger partial charge on any atom is 0.263 e. The minimum Gasteiger partial charge on any atom is -0.481 e. The van der Waals surface area contributed by atoms with Gasteiger partial charge in [0.1, 0.15) is 5.75 Å². The molecule has 0 bridgehead atoms. The molecule has 0 spiro atoms. The van der Waals surface area contributed by atoms with Gasteiger partial charge in [-0.05, 0) is 57.4 Å². The van der Waals surface area contributed by atoms with Crippen LogP contribution in [0, 0.1) is 0 Å². The predicted molar refractivity (Wildman–Crippen MR) is 81.1 cm³/mol. The summed E-state index contributed by atoms with van der Waals surface area (Å²) in [5.74, 6) is 0.680. The molecule has 1 aromatic rings. The normalized spacial score (nSPS) is 16.6. The van der Waals surface area contributed by atoms with E-state index in [9.17, 15) is 4.79 Å². The second-order valence-corrected chi connectivity index (χ2v) is 5.14. The zero-order valence-electron chi connectivity index (χ0n) is 12.8. The first-order valence-electron chi connectivity index (χ1n) is 7.40. The highest BCUT2D eigenvalue weighted by molar-refractivity contribution is 6.04. The van der Waals surface area contributed by atoms with Gasteiger partial charge in [-0.3, -0.25) is 4.79 Å². The van der Waals surface area contributed by atoms with Gasteiger partial charge in [0.2, 0.25) is 0 Å². The lowest BCUT2D eigenvalue weighted by Crippen LogP contribution is -2.40. The molecule has 1 amide bonds. The van der Waals surface area contributed by atoms with Gasteiger partial charge in [-0.15, -0.1) is 0 Å². The van der Waals surface area contributed by atoms with E-state index in [1.165, 1.54) is 0 Å². The van der Waals surface area contributed by atoms with Crippen molar-refractivity contribution in [1.82, 2.24) is 4.90 Å². The first-order valence-corrected chi connectivity index (χ1v) is 7.40. The van der Waals surface area contributed by atoms with E-state index in [2.05, 4.69) is 5.16 Å². The molecule has 114 valence electrons. The van der Waals surface area contributed by atoms with Crippen LogP contribution >= 0.6 is 0 Å². The number of amides is 1. The Morgan fingerprint density at radius 2 is 2.10 bits per heavy atom. The summed E-state index contributed by atoms with van der Waals surface area (Å²) in [5.41, 5.74) is 2.78. The maximum absolute atomic E-state index is 12.2. The van der Waals surface area contributed by atoms with E-state index in [0.717, 1.165) is 24.0 Å². The van der Waals surface area contributed by atoms with Crippen LogP contribution in [0.5, 0.6) is 5.75 Å². The molecule has 1 unspecified atom stereocenters. The number of nitrogens with zero attached hydrogens (tertiary/aromatic N) is 2. The Morgan fingerprint density at radius 3 is 2.71 bits per heavy atom. The minimum atomic E-state index is -0.504. The highest BCUT2D eigenvalue weighted by Crippen LogP contribution is 2.27. The first kappa shape index (κ1) is 15.4. The molecule has 2 rings (SSSR count). The molecule has 21 heavy (non-hydrogen) atoms. The monoisotopic (exact) mass is 290 g/mol. The summed E-state index contributed by atoms with van der Waals surface area (Å²) in [6.07, 6.45) is 1.07. The molecule has 1 N–H and O–H groups in total. The van der Waals surface area contributed by atoms with Crippen molar-refractivity contribution in [3.8, 4) is 5.75 Å². The maximum atomic E-state index is 12.2. The number of benzene rings is 1. The summed E-state index contributed by atoms with van der Waals surface area (Å²) in [6, 6.07) is 5.64. The lowest BCUT2D eigenvalue weighted by molar-refractivity contribution is -0.137. The number of rotatable bonds is 5. The van der Waals surface area contributed by atoms with E-state index in [-0.39, 0.29) is 5.91 Å². The number of oxime groups is 1. The largest absolute Gasteiger partial charge is 0.481 e. The van der Waals surface area contributed by atoms with Crippen molar-refractivity contribution in [1.29, 1.82) is 0 Å². The van der Waals surface area contributed by atoms with Crippen molar-refractivity contribution in [3.05, 3.63) is 29.3 Å². The topological polar surface area (TPSA) is 62.1 Å². The third-order valence-corrected chi connectivity index (χ3v) is 3.88. The molecule has 1 aliphatic carbocycles. The molecule has 0 aliphatic heterocycles. The molecule has 0 aromatic heterocycles. The van der Waals surface area contributed by atoms with Gasteiger partial charge >= 0.3 is 0 Å². The first-order chi connectivity index (χ1) is 10.1. The Kier molecular flexibility index (Phi) is 4.83. The summed E-state index contributed by atoms with van der Waals surface area (Å²) in [7, 11) is 0. The molecule has 0 fully saturated rings. The number of hydrogen-bond donors (Lipinski definition) is 1. The molecule has 0 saturated carbocycles. The average molecular weight is 290 g/mol. The van der Waals surface area contributed by atoms with Gasteiger partial charge < -0.3 is 14.8 Å². The average Bonchev–Trinajstić information content (AvgIpc) is 2.90. The van der Waals surface area contributed by atoms with Crippen LogP contribution in [0.2, 0.25) is 0 Å². The molecular formula is C16H22N2O3. The van der Waals surface area contributed by atoms with Gasteiger partial charge in [-0.25, -0.2) is 0 Å². The standard InChI is InChI=1S/C16H22N2O3/c1-4-18(5-2)16(19)11(3)21-13-7-8-14-12(10-13)6-9-15(14)17-20/h7-8,10-11,20H,4-6,9H2,1-3H3/b17-15+. The second-order valence-electron chi connectivity index (χ2n) is 5.14. The fourth-order valence-corrected chi connectivity index (χ4v) is 2.67. The number of fused-ring (bicyclic) bond motifs is 1. The Bertz CT molecular complexity index is 550. The number of ether oxygens (including phenoxy) is 1. The lowest BCUT2D eigenvalue weighted by Gasteiger charge is -2.23. The molecule has 5 nitrogen and oxygen atoms in total. The van der Waals surface area contributed by atoms with E-state index in [4.69, 9.17) is 9.94 Å². The van der Waals surface area contributed by atoms with Crippen molar-refractivity contribution in [3.63, 3.8) is 0 Å². The van der Waals surface area contributed by atoms with Crippen LogP contribution in [0.3, 0.4) is 0 Å². The molecule has 5 heteroatoms. The van der Waals surface area contributed by atoms with Crippen molar-refractivity contribution in [2.24, 2.45) is 5.16 Å². The number of carbonyl (C=O) groups excluding carboxylic acids is 1. The summed E-state index contributed by atoms with van der Waals surface area (Å²) in [6.45, 7) is 7.06. The SMILES string of the molecule is CCN(CC)C(=O)C(C)Oc1ccc2c(c1)CC/C2=N\O. The van der Waals surface area contributed by atoms with Crippen molar-refractivity contribution in [2.75, 3.05) is 13.1 Å². The number of carbonyl (C=O) groups is 1. The molecule has 0 radical (unpaired) electrons. The van der Waals surface area contributed by atoms with Gasteiger partial charge in [-0.1, -0.05) is 5.16 Å². The molecule has 1 aromatic carbocycles. The van der Waals surface area contributed by atoms with E-state index in [1.54, 1.807) is 11.8 Å². The van der Waals surface area contributed by atoms with Gasteiger partial charge in [0.25, 0.3) is 5.91 Å². The van der Waals surface area contributed by atoms with Crippen LogP contribution in [0.4, 0.5) is 0 Å². The molecule has 0 saturated heterocycles. The zero-order chi connectivity index (χ0) is 15.4. The van der Waals surface area contributed by atoms with Crippen LogP contribution in [0.1, 0.15) is 38.3 Å². The second kappa shape index (κ2) is 6.61. The molecule has 0 heterocycles. The van der Waals surface area contributed by atoms with Crippen LogP contribution in [-0.2, 0) is 11.2 Å².